The number of nitrogens with zero attached hydrogens (tertiary/aromatic N) is 1. The SMILES string of the molecule is CC(O)c1ccnc(Sc2cc(Cl)cc(Cl)c2)c1. The van der Waals surface area contributed by atoms with Gasteiger partial charge in [-0.2, -0.15) is 0 Å². The first-order valence-corrected chi connectivity index (χ1v) is 6.90. The molecule has 0 amide bonds. The fourth-order valence-electron chi connectivity index (χ4n) is 1.45. The highest BCUT2D eigenvalue weighted by atomic mass is 35.5. The maximum Gasteiger partial charge on any atom is 0.101 e. The van der Waals surface area contributed by atoms with E-state index in [4.69, 9.17) is 23.2 Å². The van der Waals surface area contributed by atoms with Crippen molar-refractivity contribution < 1.29 is 5.11 Å². The van der Waals surface area contributed by atoms with E-state index < -0.39 is 6.10 Å². The van der Waals surface area contributed by atoms with Crippen molar-refractivity contribution in [3.8, 4) is 0 Å². The zero-order valence-corrected chi connectivity index (χ0v) is 11.9. The van der Waals surface area contributed by atoms with Crippen LogP contribution in [0.25, 0.3) is 0 Å². The molecular formula is C13H11Cl2NOS. The summed E-state index contributed by atoms with van der Waals surface area (Å²) in [5.41, 5.74) is 0.834. The molecule has 0 fully saturated rings. The summed E-state index contributed by atoms with van der Waals surface area (Å²) in [6.45, 7) is 1.72. The molecule has 1 heterocycles. The number of halogens is 2. The molecule has 2 nitrogen and oxygen atoms in total. The molecule has 1 atom stereocenters. The highest BCUT2D eigenvalue weighted by Crippen LogP contribution is 2.31. The van der Waals surface area contributed by atoms with Crippen LogP contribution in [0, 0.1) is 0 Å². The molecule has 2 rings (SSSR count). The van der Waals surface area contributed by atoms with Gasteiger partial charge in [0.2, 0.25) is 0 Å². The van der Waals surface area contributed by atoms with Gasteiger partial charge in [0.05, 0.1) is 6.10 Å². The van der Waals surface area contributed by atoms with Crippen LogP contribution in [-0.4, -0.2) is 10.1 Å². The minimum Gasteiger partial charge on any atom is -0.389 e. The molecule has 1 aromatic carbocycles. The van der Waals surface area contributed by atoms with Crippen molar-refractivity contribution in [1.29, 1.82) is 0 Å². The van der Waals surface area contributed by atoms with Crippen LogP contribution in [-0.2, 0) is 0 Å². The van der Waals surface area contributed by atoms with Crippen LogP contribution in [0.15, 0.2) is 46.5 Å². The van der Waals surface area contributed by atoms with Gasteiger partial charge in [0.15, 0.2) is 0 Å². The van der Waals surface area contributed by atoms with E-state index in [0.717, 1.165) is 15.5 Å². The molecule has 0 aliphatic carbocycles. The number of aromatic nitrogens is 1. The Bertz CT molecular complexity index is 540. The van der Waals surface area contributed by atoms with Crippen molar-refractivity contribution in [2.24, 2.45) is 0 Å². The fraction of sp³-hybridized carbons (Fsp3) is 0.154. The average molecular weight is 300 g/mol. The Labute approximate surface area is 120 Å². The number of aliphatic hydroxyl groups excluding tert-OH is 1. The summed E-state index contributed by atoms with van der Waals surface area (Å²) in [6, 6.07) is 8.99. The molecule has 0 radical (unpaired) electrons. The largest absolute Gasteiger partial charge is 0.389 e. The average Bonchev–Trinajstić information content (AvgIpc) is 2.27. The Morgan fingerprint density at radius 1 is 1.17 bits per heavy atom. The van der Waals surface area contributed by atoms with Crippen LogP contribution in [0.4, 0.5) is 0 Å². The van der Waals surface area contributed by atoms with E-state index >= 15 is 0 Å². The third-order valence-electron chi connectivity index (χ3n) is 2.30. The predicted octanol–water partition coefficient (Wildman–Crippen LogP) is 4.59. The molecule has 0 aliphatic rings. The van der Waals surface area contributed by atoms with Gasteiger partial charge in [0.25, 0.3) is 0 Å². The first-order valence-electron chi connectivity index (χ1n) is 5.32. The Hall–Kier alpha value is -0.740. The van der Waals surface area contributed by atoms with Crippen LogP contribution in [0.3, 0.4) is 0 Å². The maximum atomic E-state index is 9.52. The molecule has 0 aliphatic heterocycles. The summed E-state index contributed by atoms with van der Waals surface area (Å²) >= 11 is 13.3. The van der Waals surface area contributed by atoms with Crippen LogP contribution in [0.1, 0.15) is 18.6 Å². The summed E-state index contributed by atoms with van der Waals surface area (Å²) < 4.78 is 0. The Kier molecular flexibility index (Phi) is 4.51. The van der Waals surface area contributed by atoms with Crippen molar-refractivity contribution in [3.63, 3.8) is 0 Å². The number of rotatable bonds is 3. The van der Waals surface area contributed by atoms with Crippen molar-refractivity contribution in [2.45, 2.75) is 22.9 Å². The number of aliphatic hydroxyl groups is 1. The standard InChI is InChI=1S/C13H11Cl2NOS/c1-8(17)9-2-3-16-13(4-9)18-12-6-10(14)5-11(15)7-12/h2-8,17H,1H3. The van der Waals surface area contributed by atoms with E-state index in [9.17, 15) is 5.11 Å². The zero-order valence-electron chi connectivity index (χ0n) is 9.60. The quantitative estimate of drug-likeness (QED) is 0.899. The minimum atomic E-state index is -0.504. The van der Waals surface area contributed by atoms with E-state index in [1.165, 1.54) is 11.8 Å². The first-order chi connectivity index (χ1) is 8.54. The lowest BCUT2D eigenvalue weighted by Gasteiger charge is -2.07. The van der Waals surface area contributed by atoms with Gasteiger partial charge in [-0.25, -0.2) is 4.98 Å². The zero-order chi connectivity index (χ0) is 13.1. The van der Waals surface area contributed by atoms with Gasteiger partial charge in [0, 0.05) is 21.1 Å². The third kappa shape index (κ3) is 3.62. The fourth-order valence-corrected chi connectivity index (χ4v) is 3.03. The molecule has 5 heteroatoms. The van der Waals surface area contributed by atoms with Gasteiger partial charge in [-0.15, -0.1) is 0 Å². The molecule has 1 N–H and O–H groups in total. The van der Waals surface area contributed by atoms with Gasteiger partial charge >= 0.3 is 0 Å². The summed E-state index contributed by atoms with van der Waals surface area (Å²) in [7, 11) is 0. The summed E-state index contributed by atoms with van der Waals surface area (Å²) in [5, 5.41) is 11.5. The van der Waals surface area contributed by atoms with Crippen LogP contribution in [0.2, 0.25) is 10.0 Å². The predicted molar refractivity (Wildman–Crippen MR) is 75.5 cm³/mol. The molecule has 2 aromatic rings. The molecule has 18 heavy (non-hydrogen) atoms. The van der Waals surface area contributed by atoms with Gasteiger partial charge < -0.3 is 5.11 Å². The van der Waals surface area contributed by atoms with Crippen LogP contribution < -0.4 is 0 Å². The summed E-state index contributed by atoms with van der Waals surface area (Å²) in [5.74, 6) is 0. The van der Waals surface area contributed by atoms with Crippen molar-refractivity contribution >= 4 is 35.0 Å². The monoisotopic (exact) mass is 299 g/mol. The molecule has 0 saturated carbocycles. The van der Waals surface area contributed by atoms with Gasteiger partial charge in [-0.05, 0) is 42.8 Å². The first kappa shape index (κ1) is 13.7. The molecule has 0 bridgehead atoms. The Balaban J connectivity index is 2.25. The van der Waals surface area contributed by atoms with Crippen molar-refractivity contribution in [1.82, 2.24) is 4.98 Å². The minimum absolute atomic E-state index is 0.504. The second-order valence-corrected chi connectivity index (χ2v) is 5.78. The maximum absolute atomic E-state index is 9.52. The molecule has 1 unspecified atom stereocenters. The second-order valence-electron chi connectivity index (χ2n) is 3.81. The lowest BCUT2D eigenvalue weighted by molar-refractivity contribution is 0.199. The molecule has 1 aromatic heterocycles. The van der Waals surface area contributed by atoms with E-state index in [-0.39, 0.29) is 0 Å². The van der Waals surface area contributed by atoms with E-state index in [2.05, 4.69) is 4.98 Å². The van der Waals surface area contributed by atoms with E-state index in [1.807, 2.05) is 18.2 Å². The number of pyridine rings is 1. The normalized spacial score (nSPS) is 12.4. The van der Waals surface area contributed by atoms with Gasteiger partial charge in [0.1, 0.15) is 5.03 Å². The van der Waals surface area contributed by atoms with Crippen molar-refractivity contribution in [3.05, 3.63) is 52.1 Å². The summed E-state index contributed by atoms with van der Waals surface area (Å²) in [4.78, 5) is 5.16. The summed E-state index contributed by atoms with van der Waals surface area (Å²) in [6.07, 6.45) is 1.17. The second kappa shape index (κ2) is 5.93. The lowest BCUT2D eigenvalue weighted by Crippen LogP contribution is -1.92. The van der Waals surface area contributed by atoms with Crippen molar-refractivity contribution in [2.75, 3.05) is 0 Å². The van der Waals surface area contributed by atoms with Crippen LogP contribution in [0.5, 0.6) is 0 Å². The molecule has 0 spiro atoms. The Morgan fingerprint density at radius 2 is 1.83 bits per heavy atom. The van der Waals surface area contributed by atoms with Gasteiger partial charge in [-0.1, -0.05) is 35.0 Å². The highest BCUT2D eigenvalue weighted by Gasteiger charge is 2.05. The van der Waals surface area contributed by atoms with E-state index in [0.29, 0.717) is 10.0 Å². The number of hydrogen-bond acceptors (Lipinski definition) is 3. The molecular weight excluding hydrogens is 289 g/mol. The topological polar surface area (TPSA) is 33.1 Å². The molecule has 0 saturated heterocycles. The lowest BCUT2D eigenvalue weighted by atomic mass is 10.2. The third-order valence-corrected chi connectivity index (χ3v) is 3.64. The van der Waals surface area contributed by atoms with Crippen LogP contribution >= 0.6 is 35.0 Å². The van der Waals surface area contributed by atoms with E-state index in [1.54, 1.807) is 25.3 Å². The Morgan fingerprint density at radius 3 is 2.44 bits per heavy atom. The smallest absolute Gasteiger partial charge is 0.101 e. The highest BCUT2D eigenvalue weighted by molar-refractivity contribution is 7.99. The number of benzene rings is 1. The van der Waals surface area contributed by atoms with Gasteiger partial charge in [-0.3, -0.25) is 0 Å². The number of hydrogen-bond donors (Lipinski definition) is 1. The molecule has 94 valence electrons.